The van der Waals surface area contributed by atoms with Gasteiger partial charge in [-0.1, -0.05) is 18.0 Å². The normalized spacial score (nSPS) is 26.9. The molecule has 1 fully saturated rings. The lowest BCUT2D eigenvalue weighted by atomic mass is 9.85. The maximum atomic E-state index is 9.23. The summed E-state index contributed by atoms with van der Waals surface area (Å²) in [5.74, 6) is 0.682. The Balaban J connectivity index is 2.15. The minimum absolute atomic E-state index is 0.276. The molecule has 0 aliphatic heterocycles. The summed E-state index contributed by atoms with van der Waals surface area (Å²) in [5.41, 5.74) is 5.38. The lowest BCUT2D eigenvalue weighted by Gasteiger charge is -2.31. The third kappa shape index (κ3) is 4.37. The molecule has 1 aliphatic rings. The monoisotopic (exact) mass is 229 g/mol. The molecule has 1 rings (SSSR count). The number of nitrogens with zero attached hydrogens (tertiary/aromatic N) is 1. The highest BCUT2D eigenvalue weighted by Gasteiger charge is 2.23. The first-order chi connectivity index (χ1) is 7.77. The van der Waals surface area contributed by atoms with Crippen molar-refractivity contribution in [2.45, 2.75) is 44.6 Å². The molecule has 1 saturated carbocycles. The van der Waals surface area contributed by atoms with Gasteiger partial charge in [-0.25, -0.2) is 0 Å². The Morgan fingerprint density at radius 2 is 2.12 bits per heavy atom. The lowest BCUT2D eigenvalue weighted by molar-refractivity contribution is 0.153. The van der Waals surface area contributed by atoms with Crippen LogP contribution in [0.5, 0.6) is 0 Å². The zero-order valence-corrected chi connectivity index (χ0v) is 9.73. The summed E-state index contributed by atoms with van der Waals surface area (Å²) in [6, 6.07) is 0.436. The van der Waals surface area contributed by atoms with Crippen molar-refractivity contribution in [1.82, 2.24) is 5.32 Å². The fourth-order valence-electron chi connectivity index (χ4n) is 2.30. The highest BCUT2D eigenvalue weighted by Crippen LogP contribution is 2.23. The number of nitrogens with one attached hydrogen (secondary N) is 1. The van der Waals surface area contributed by atoms with E-state index in [1.807, 2.05) is 0 Å². The molecule has 0 amide bonds. The van der Waals surface area contributed by atoms with Crippen LogP contribution in [-0.4, -0.2) is 35.3 Å². The summed E-state index contributed by atoms with van der Waals surface area (Å²) < 4.78 is 0. The topological polar surface area (TPSA) is 90.9 Å². The largest absolute Gasteiger partial charge is 0.409 e. The minimum Gasteiger partial charge on any atom is -0.409 e. The molecule has 0 aromatic heterocycles. The Labute approximate surface area is 96.7 Å². The molecule has 94 valence electrons. The summed E-state index contributed by atoms with van der Waals surface area (Å²) >= 11 is 0. The summed E-state index contributed by atoms with van der Waals surface area (Å²) in [6.45, 7) is 1.13. The Morgan fingerprint density at radius 3 is 2.81 bits per heavy atom. The molecule has 5 heteroatoms. The second-order valence-corrected chi connectivity index (χ2v) is 4.48. The standard InChI is InChI=1S/C11H23N3O2/c12-11(14-16)6-3-7-13-10-5-2-1-4-9(10)8-15/h9-10,13,15-16H,1-8H2,(H2,12,14). The van der Waals surface area contributed by atoms with Crippen LogP contribution in [-0.2, 0) is 0 Å². The van der Waals surface area contributed by atoms with Gasteiger partial charge in [-0.2, -0.15) is 0 Å². The van der Waals surface area contributed by atoms with Gasteiger partial charge in [-0.15, -0.1) is 0 Å². The van der Waals surface area contributed by atoms with Crippen molar-refractivity contribution in [3.05, 3.63) is 0 Å². The van der Waals surface area contributed by atoms with Crippen LogP contribution in [0.25, 0.3) is 0 Å². The SMILES string of the molecule is NC(CCCNC1CCCCC1CO)=NO. The van der Waals surface area contributed by atoms with Gasteiger partial charge < -0.3 is 21.4 Å². The number of rotatable bonds is 6. The molecule has 1 aliphatic carbocycles. The quantitative estimate of drug-likeness (QED) is 0.177. The first-order valence-corrected chi connectivity index (χ1v) is 6.08. The van der Waals surface area contributed by atoms with Gasteiger partial charge >= 0.3 is 0 Å². The molecule has 5 N–H and O–H groups in total. The molecule has 5 nitrogen and oxygen atoms in total. The van der Waals surface area contributed by atoms with Gasteiger partial charge in [0.25, 0.3) is 0 Å². The number of nitrogens with two attached hydrogens (primary N) is 1. The van der Waals surface area contributed by atoms with E-state index in [1.165, 1.54) is 12.8 Å². The second kappa shape index (κ2) is 7.46. The van der Waals surface area contributed by atoms with Crippen molar-refractivity contribution in [1.29, 1.82) is 0 Å². The predicted molar refractivity (Wildman–Crippen MR) is 63.5 cm³/mol. The highest BCUT2D eigenvalue weighted by atomic mass is 16.4. The summed E-state index contributed by atoms with van der Waals surface area (Å²) in [4.78, 5) is 0. The Kier molecular flexibility index (Phi) is 6.18. The summed E-state index contributed by atoms with van der Waals surface area (Å²) in [6.07, 6.45) is 6.22. The van der Waals surface area contributed by atoms with E-state index in [4.69, 9.17) is 10.9 Å². The van der Waals surface area contributed by atoms with Crippen molar-refractivity contribution in [2.75, 3.05) is 13.2 Å². The van der Waals surface area contributed by atoms with E-state index in [0.717, 1.165) is 25.8 Å². The van der Waals surface area contributed by atoms with Crippen LogP contribution in [0.2, 0.25) is 0 Å². The van der Waals surface area contributed by atoms with Crippen molar-refractivity contribution in [3.8, 4) is 0 Å². The Morgan fingerprint density at radius 1 is 1.38 bits per heavy atom. The molecule has 0 aromatic rings. The van der Waals surface area contributed by atoms with Crippen LogP contribution >= 0.6 is 0 Å². The molecule has 0 aromatic carbocycles. The van der Waals surface area contributed by atoms with Crippen molar-refractivity contribution >= 4 is 5.84 Å². The molecule has 2 atom stereocenters. The van der Waals surface area contributed by atoms with Gasteiger partial charge in [0.1, 0.15) is 5.84 Å². The average molecular weight is 229 g/mol. The number of aliphatic hydroxyl groups is 1. The molecule has 2 unspecified atom stereocenters. The number of amidine groups is 1. The van der Waals surface area contributed by atoms with Crippen LogP contribution < -0.4 is 11.1 Å². The van der Waals surface area contributed by atoms with E-state index in [-0.39, 0.29) is 12.4 Å². The molecule has 0 spiro atoms. The zero-order chi connectivity index (χ0) is 11.8. The highest BCUT2D eigenvalue weighted by molar-refractivity contribution is 5.79. The third-order valence-electron chi connectivity index (χ3n) is 3.29. The molecule has 0 bridgehead atoms. The average Bonchev–Trinajstić information content (AvgIpc) is 2.34. The van der Waals surface area contributed by atoms with E-state index < -0.39 is 0 Å². The molecule has 0 saturated heterocycles. The summed E-state index contributed by atoms with van der Waals surface area (Å²) in [5, 5.41) is 24.0. The van der Waals surface area contributed by atoms with Crippen LogP contribution in [0.4, 0.5) is 0 Å². The maximum Gasteiger partial charge on any atom is 0.139 e. The van der Waals surface area contributed by atoms with E-state index in [0.29, 0.717) is 18.4 Å². The van der Waals surface area contributed by atoms with Gasteiger partial charge in [-0.05, 0) is 31.7 Å². The molecular formula is C11H23N3O2. The van der Waals surface area contributed by atoms with Crippen LogP contribution in [0.15, 0.2) is 5.16 Å². The number of hydrogen-bond donors (Lipinski definition) is 4. The van der Waals surface area contributed by atoms with Gasteiger partial charge in [0.05, 0.1) is 0 Å². The third-order valence-corrected chi connectivity index (χ3v) is 3.29. The molecular weight excluding hydrogens is 206 g/mol. The molecule has 0 heterocycles. The minimum atomic E-state index is 0.276. The smallest absolute Gasteiger partial charge is 0.139 e. The van der Waals surface area contributed by atoms with Crippen LogP contribution in [0.1, 0.15) is 38.5 Å². The first-order valence-electron chi connectivity index (χ1n) is 6.08. The number of aliphatic hydroxyl groups excluding tert-OH is 1. The Bertz CT molecular complexity index is 221. The van der Waals surface area contributed by atoms with Gasteiger partial charge in [-0.3, -0.25) is 0 Å². The second-order valence-electron chi connectivity index (χ2n) is 4.48. The maximum absolute atomic E-state index is 9.23. The summed E-state index contributed by atoms with van der Waals surface area (Å²) in [7, 11) is 0. The van der Waals surface area contributed by atoms with Crippen molar-refractivity contribution in [3.63, 3.8) is 0 Å². The number of oxime groups is 1. The zero-order valence-electron chi connectivity index (χ0n) is 9.73. The predicted octanol–water partition coefficient (Wildman–Crippen LogP) is 0.654. The fourth-order valence-corrected chi connectivity index (χ4v) is 2.30. The fraction of sp³-hybridized carbons (Fsp3) is 0.909. The van der Waals surface area contributed by atoms with E-state index in [2.05, 4.69) is 10.5 Å². The van der Waals surface area contributed by atoms with Gasteiger partial charge in [0.2, 0.25) is 0 Å². The van der Waals surface area contributed by atoms with Crippen molar-refractivity contribution in [2.24, 2.45) is 16.8 Å². The van der Waals surface area contributed by atoms with Crippen molar-refractivity contribution < 1.29 is 10.3 Å². The molecule has 0 radical (unpaired) electrons. The van der Waals surface area contributed by atoms with Gasteiger partial charge in [0.15, 0.2) is 0 Å². The lowest BCUT2D eigenvalue weighted by Crippen LogP contribution is -2.40. The Hall–Kier alpha value is -0.810. The van der Waals surface area contributed by atoms with Gasteiger partial charge in [0, 0.05) is 19.1 Å². The van der Waals surface area contributed by atoms with Crippen LogP contribution in [0, 0.1) is 5.92 Å². The van der Waals surface area contributed by atoms with E-state index in [9.17, 15) is 5.11 Å². The van der Waals surface area contributed by atoms with Crippen LogP contribution in [0.3, 0.4) is 0 Å². The number of hydrogen-bond acceptors (Lipinski definition) is 4. The first kappa shape index (κ1) is 13.3. The van der Waals surface area contributed by atoms with E-state index >= 15 is 0 Å². The molecule has 16 heavy (non-hydrogen) atoms. The van der Waals surface area contributed by atoms with E-state index in [1.54, 1.807) is 0 Å².